The van der Waals surface area contributed by atoms with Gasteiger partial charge in [-0.3, -0.25) is 5.10 Å². The number of hydrogen-bond acceptors (Lipinski definition) is 1. The van der Waals surface area contributed by atoms with Crippen LogP contribution < -0.4 is 0 Å². The summed E-state index contributed by atoms with van der Waals surface area (Å²) < 4.78 is 0. The minimum atomic E-state index is 0.248. The molecule has 2 aromatic rings. The van der Waals surface area contributed by atoms with Gasteiger partial charge in [0.1, 0.15) is 0 Å². The van der Waals surface area contributed by atoms with Gasteiger partial charge in [0.2, 0.25) is 0 Å². The lowest BCUT2D eigenvalue weighted by Crippen LogP contribution is -1.94. The molecule has 0 aliphatic heterocycles. The van der Waals surface area contributed by atoms with E-state index in [4.69, 9.17) is 0 Å². The van der Waals surface area contributed by atoms with Gasteiger partial charge in [-0.05, 0) is 5.56 Å². The quantitative estimate of drug-likeness (QED) is 0.840. The number of nitrogens with one attached hydrogen (secondary N) is 1. The molecule has 88 valence electrons. The highest BCUT2D eigenvalue weighted by Crippen LogP contribution is 2.29. The number of H-pyrrole nitrogens is 1. The topological polar surface area (TPSA) is 28.7 Å². The van der Waals surface area contributed by atoms with Crippen LogP contribution in [0.15, 0.2) is 73.0 Å². The number of aromatic nitrogens is 2. The first-order chi connectivity index (χ1) is 8.95. The lowest BCUT2D eigenvalue weighted by molar-refractivity contribution is 0.949. The molecular weight excluding hydrogens is 220 g/mol. The Bertz CT molecular complexity index is 587. The molecular formula is C16H14N2. The third-order valence-corrected chi connectivity index (χ3v) is 3.06. The smallest absolute Gasteiger partial charge is 0.0569 e. The lowest BCUT2D eigenvalue weighted by Gasteiger charge is -2.08. The Labute approximate surface area is 106 Å². The summed E-state index contributed by atoms with van der Waals surface area (Å²) in [5.41, 5.74) is 3.49. The van der Waals surface area contributed by atoms with Crippen molar-refractivity contribution >= 4 is 0 Å². The predicted octanol–water partition coefficient (Wildman–Crippen LogP) is 3.84. The average molecular weight is 234 g/mol. The fraction of sp³-hybridized carbons (Fsp3) is 0.0625. The van der Waals surface area contributed by atoms with E-state index in [1.807, 2.05) is 36.5 Å². The molecule has 1 heterocycles. The third kappa shape index (κ3) is 2.05. The highest BCUT2D eigenvalue weighted by Gasteiger charge is 2.13. The third-order valence-electron chi connectivity index (χ3n) is 3.06. The normalized spacial score (nSPS) is 14.9. The Morgan fingerprint density at radius 2 is 1.61 bits per heavy atom. The van der Waals surface area contributed by atoms with E-state index in [9.17, 15) is 0 Å². The van der Waals surface area contributed by atoms with E-state index in [0.29, 0.717) is 0 Å². The SMILES string of the molecule is C1=CC=CC(c2[nH]ncc2-c2ccccc2)C=C1. The molecule has 0 saturated carbocycles. The Balaban J connectivity index is 2.02. The van der Waals surface area contributed by atoms with Crippen LogP contribution in [0.25, 0.3) is 11.1 Å². The van der Waals surface area contributed by atoms with E-state index in [2.05, 4.69) is 46.6 Å². The van der Waals surface area contributed by atoms with Crippen LogP contribution in [0.1, 0.15) is 11.6 Å². The van der Waals surface area contributed by atoms with Crippen molar-refractivity contribution < 1.29 is 0 Å². The maximum atomic E-state index is 4.19. The Morgan fingerprint density at radius 3 is 2.33 bits per heavy atom. The van der Waals surface area contributed by atoms with Crippen LogP contribution in [-0.2, 0) is 0 Å². The van der Waals surface area contributed by atoms with Crippen LogP contribution in [0.3, 0.4) is 0 Å². The summed E-state index contributed by atoms with van der Waals surface area (Å²) in [6.45, 7) is 0. The largest absolute Gasteiger partial charge is 0.281 e. The van der Waals surface area contributed by atoms with Crippen molar-refractivity contribution in [1.82, 2.24) is 10.2 Å². The van der Waals surface area contributed by atoms with Gasteiger partial charge in [0, 0.05) is 11.5 Å². The number of nitrogens with zero attached hydrogens (tertiary/aromatic N) is 1. The summed E-state index contributed by atoms with van der Waals surface area (Å²) in [6, 6.07) is 10.3. The molecule has 0 atom stereocenters. The van der Waals surface area contributed by atoms with Crippen molar-refractivity contribution in [2.45, 2.75) is 5.92 Å². The molecule has 1 aliphatic rings. The van der Waals surface area contributed by atoms with Gasteiger partial charge >= 0.3 is 0 Å². The first-order valence-corrected chi connectivity index (χ1v) is 6.05. The molecule has 18 heavy (non-hydrogen) atoms. The number of benzene rings is 1. The van der Waals surface area contributed by atoms with Crippen molar-refractivity contribution in [1.29, 1.82) is 0 Å². The van der Waals surface area contributed by atoms with E-state index in [-0.39, 0.29) is 5.92 Å². The van der Waals surface area contributed by atoms with Gasteiger partial charge in [0.05, 0.1) is 11.9 Å². The number of rotatable bonds is 2. The lowest BCUT2D eigenvalue weighted by atomic mass is 9.97. The van der Waals surface area contributed by atoms with Gasteiger partial charge < -0.3 is 0 Å². The molecule has 1 aromatic heterocycles. The van der Waals surface area contributed by atoms with Crippen LogP contribution in [0.2, 0.25) is 0 Å². The van der Waals surface area contributed by atoms with Gasteiger partial charge in [0.15, 0.2) is 0 Å². The van der Waals surface area contributed by atoms with Gasteiger partial charge in [-0.1, -0.05) is 66.8 Å². The van der Waals surface area contributed by atoms with Crippen LogP contribution in [-0.4, -0.2) is 10.2 Å². The second kappa shape index (κ2) is 4.88. The summed E-state index contributed by atoms with van der Waals surface area (Å²) in [7, 11) is 0. The maximum Gasteiger partial charge on any atom is 0.0569 e. The van der Waals surface area contributed by atoms with Crippen molar-refractivity contribution in [2.24, 2.45) is 0 Å². The van der Waals surface area contributed by atoms with Gasteiger partial charge in [-0.2, -0.15) is 5.10 Å². The van der Waals surface area contributed by atoms with Crippen molar-refractivity contribution in [2.75, 3.05) is 0 Å². The molecule has 0 fully saturated rings. The summed E-state index contributed by atoms with van der Waals surface area (Å²) >= 11 is 0. The molecule has 0 saturated heterocycles. The maximum absolute atomic E-state index is 4.19. The highest BCUT2D eigenvalue weighted by atomic mass is 15.1. The van der Waals surface area contributed by atoms with E-state index in [1.165, 1.54) is 5.56 Å². The van der Waals surface area contributed by atoms with Gasteiger partial charge in [0.25, 0.3) is 0 Å². The predicted molar refractivity (Wildman–Crippen MR) is 74.2 cm³/mol. The van der Waals surface area contributed by atoms with Crippen LogP contribution in [0, 0.1) is 0 Å². The van der Waals surface area contributed by atoms with Gasteiger partial charge in [-0.25, -0.2) is 0 Å². The van der Waals surface area contributed by atoms with Crippen molar-refractivity contribution in [3.8, 4) is 11.1 Å². The van der Waals surface area contributed by atoms with Gasteiger partial charge in [-0.15, -0.1) is 0 Å². The molecule has 2 nitrogen and oxygen atoms in total. The molecule has 0 amide bonds. The molecule has 1 aliphatic carbocycles. The zero-order valence-corrected chi connectivity index (χ0v) is 9.95. The Kier molecular flexibility index (Phi) is 2.92. The molecule has 2 heteroatoms. The van der Waals surface area contributed by atoms with Crippen molar-refractivity contribution in [3.63, 3.8) is 0 Å². The van der Waals surface area contributed by atoms with E-state index in [0.717, 1.165) is 11.3 Å². The van der Waals surface area contributed by atoms with Crippen LogP contribution in [0.5, 0.6) is 0 Å². The first kappa shape index (κ1) is 10.8. The number of aromatic amines is 1. The average Bonchev–Trinajstić information content (AvgIpc) is 2.75. The fourth-order valence-electron chi connectivity index (χ4n) is 2.15. The van der Waals surface area contributed by atoms with Crippen LogP contribution in [0.4, 0.5) is 0 Å². The second-order valence-corrected chi connectivity index (χ2v) is 4.24. The second-order valence-electron chi connectivity index (χ2n) is 4.24. The highest BCUT2D eigenvalue weighted by molar-refractivity contribution is 5.66. The van der Waals surface area contributed by atoms with E-state index in [1.54, 1.807) is 0 Å². The Hall–Kier alpha value is -2.35. The summed E-state index contributed by atoms with van der Waals surface area (Å²) in [6.07, 6.45) is 14.4. The molecule has 1 aromatic carbocycles. The van der Waals surface area contributed by atoms with E-state index >= 15 is 0 Å². The molecule has 0 radical (unpaired) electrons. The zero-order valence-electron chi connectivity index (χ0n) is 9.95. The molecule has 3 rings (SSSR count). The van der Waals surface area contributed by atoms with Crippen molar-refractivity contribution in [3.05, 3.63) is 78.7 Å². The molecule has 1 N–H and O–H groups in total. The standard InChI is InChI=1S/C16H14N2/c1-2-5-11-14(10-4-1)16-15(12-17-18-16)13-8-6-3-7-9-13/h1-12,14H,(H,17,18). The van der Waals surface area contributed by atoms with Crippen LogP contribution >= 0.6 is 0 Å². The Morgan fingerprint density at radius 1 is 0.889 bits per heavy atom. The fourth-order valence-corrected chi connectivity index (χ4v) is 2.15. The number of allylic oxidation sites excluding steroid dienone is 6. The zero-order chi connectivity index (χ0) is 12.2. The first-order valence-electron chi connectivity index (χ1n) is 6.05. The molecule has 0 bridgehead atoms. The minimum absolute atomic E-state index is 0.248. The molecule has 0 spiro atoms. The van der Waals surface area contributed by atoms with E-state index < -0.39 is 0 Å². The molecule has 0 unspecified atom stereocenters. The number of hydrogen-bond donors (Lipinski definition) is 1. The monoisotopic (exact) mass is 234 g/mol. The summed E-state index contributed by atoms with van der Waals surface area (Å²) in [5.74, 6) is 0.248. The minimum Gasteiger partial charge on any atom is -0.281 e. The summed E-state index contributed by atoms with van der Waals surface area (Å²) in [5, 5.41) is 7.31. The summed E-state index contributed by atoms with van der Waals surface area (Å²) in [4.78, 5) is 0.